The molecule has 1 heterocycles. The van der Waals surface area contributed by atoms with Crippen LogP contribution in [-0.4, -0.2) is 41.1 Å². The van der Waals surface area contributed by atoms with Crippen LogP contribution in [0.1, 0.15) is 61.4 Å². The van der Waals surface area contributed by atoms with Gasteiger partial charge < -0.3 is 10.1 Å². The standard InChI is InChI=1S/C21H28N2O3/c1-14-8-10-21(11-9-14)23(20(25)16-5-3-4-15(2)12-16)18(13-26-21)19(24)22-17-6-7-17/h3-5,12,14,17-18H,6-11,13H2,1-2H3,(H,22,24)/t14?,18-,21?/m1/s1. The average molecular weight is 356 g/mol. The van der Waals surface area contributed by atoms with E-state index in [1.807, 2.05) is 31.2 Å². The normalized spacial score (nSPS) is 31.2. The first-order valence-electron chi connectivity index (χ1n) is 9.83. The zero-order valence-corrected chi connectivity index (χ0v) is 15.7. The van der Waals surface area contributed by atoms with E-state index in [-0.39, 0.29) is 17.9 Å². The van der Waals surface area contributed by atoms with E-state index < -0.39 is 11.8 Å². The van der Waals surface area contributed by atoms with E-state index in [0.29, 0.717) is 18.1 Å². The summed E-state index contributed by atoms with van der Waals surface area (Å²) < 4.78 is 6.20. The predicted octanol–water partition coefficient (Wildman–Crippen LogP) is 3.02. The lowest BCUT2D eigenvalue weighted by atomic mass is 9.83. The third kappa shape index (κ3) is 3.25. The van der Waals surface area contributed by atoms with Crippen molar-refractivity contribution in [1.82, 2.24) is 10.2 Å². The van der Waals surface area contributed by atoms with E-state index in [0.717, 1.165) is 44.1 Å². The summed E-state index contributed by atoms with van der Waals surface area (Å²) in [5.41, 5.74) is 1.05. The molecule has 1 aromatic rings. The highest BCUT2D eigenvalue weighted by molar-refractivity contribution is 5.98. The smallest absolute Gasteiger partial charge is 0.256 e. The van der Waals surface area contributed by atoms with E-state index in [2.05, 4.69) is 12.2 Å². The summed E-state index contributed by atoms with van der Waals surface area (Å²) in [4.78, 5) is 28.0. The molecule has 2 saturated carbocycles. The van der Waals surface area contributed by atoms with Crippen LogP contribution in [0.5, 0.6) is 0 Å². The van der Waals surface area contributed by atoms with Crippen molar-refractivity contribution >= 4 is 11.8 Å². The van der Waals surface area contributed by atoms with Gasteiger partial charge in [-0.25, -0.2) is 0 Å². The van der Waals surface area contributed by atoms with Crippen molar-refractivity contribution in [2.24, 2.45) is 5.92 Å². The van der Waals surface area contributed by atoms with Gasteiger partial charge in [-0.1, -0.05) is 24.6 Å². The van der Waals surface area contributed by atoms with Crippen LogP contribution in [0.3, 0.4) is 0 Å². The summed E-state index contributed by atoms with van der Waals surface area (Å²) in [6.07, 6.45) is 5.72. The molecule has 1 atom stereocenters. The van der Waals surface area contributed by atoms with Crippen molar-refractivity contribution in [2.75, 3.05) is 6.61 Å². The van der Waals surface area contributed by atoms with Crippen molar-refractivity contribution in [3.05, 3.63) is 35.4 Å². The summed E-state index contributed by atoms with van der Waals surface area (Å²) in [5.74, 6) is 0.486. The Hall–Kier alpha value is -1.88. The highest BCUT2D eigenvalue weighted by Crippen LogP contribution is 2.43. The molecule has 1 saturated heterocycles. The van der Waals surface area contributed by atoms with Crippen molar-refractivity contribution in [2.45, 2.75) is 70.2 Å². The van der Waals surface area contributed by atoms with Crippen LogP contribution >= 0.6 is 0 Å². The number of carbonyl (C=O) groups is 2. The minimum absolute atomic E-state index is 0.0657. The molecule has 1 spiro atoms. The number of carbonyl (C=O) groups excluding carboxylic acids is 2. The van der Waals surface area contributed by atoms with Gasteiger partial charge in [-0.2, -0.15) is 0 Å². The van der Waals surface area contributed by atoms with Crippen molar-refractivity contribution in [3.8, 4) is 0 Å². The molecule has 0 unspecified atom stereocenters. The Morgan fingerprint density at radius 3 is 2.58 bits per heavy atom. The topological polar surface area (TPSA) is 58.6 Å². The lowest BCUT2D eigenvalue weighted by Crippen LogP contribution is -2.57. The second-order valence-corrected chi connectivity index (χ2v) is 8.28. The van der Waals surface area contributed by atoms with Crippen LogP contribution in [-0.2, 0) is 9.53 Å². The van der Waals surface area contributed by atoms with Gasteiger partial charge >= 0.3 is 0 Å². The van der Waals surface area contributed by atoms with Crippen molar-refractivity contribution in [1.29, 1.82) is 0 Å². The Kier molecular flexibility index (Phi) is 4.51. The van der Waals surface area contributed by atoms with Gasteiger partial charge in [0.25, 0.3) is 5.91 Å². The average Bonchev–Trinajstić information content (AvgIpc) is 3.36. The van der Waals surface area contributed by atoms with Gasteiger partial charge in [-0.15, -0.1) is 0 Å². The molecule has 1 N–H and O–H groups in total. The number of aryl methyl sites for hydroxylation is 1. The van der Waals surface area contributed by atoms with E-state index in [1.54, 1.807) is 4.90 Å². The van der Waals surface area contributed by atoms with Crippen LogP contribution in [0.15, 0.2) is 24.3 Å². The predicted molar refractivity (Wildman–Crippen MR) is 98.6 cm³/mol. The fourth-order valence-corrected chi connectivity index (χ4v) is 4.22. The minimum Gasteiger partial charge on any atom is -0.353 e. The largest absolute Gasteiger partial charge is 0.353 e. The number of hydrogen-bond donors (Lipinski definition) is 1. The fraction of sp³-hybridized carbons (Fsp3) is 0.619. The monoisotopic (exact) mass is 356 g/mol. The van der Waals surface area contributed by atoms with Gasteiger partial charge in [0, 0.05) is 11.6 Å². The Balaban J connectivity index is 1.64. The summed E-state index contributed by atoms with van der Waals surface area (Å²) in [6.45, 7) is 4.52. The van der Waals surface area contributed by atoms with E-state index in [4.69, 9.17) is 4.74 Å². The zero-order valence-electron chi connectivity index (χ0n) is 15.7. The van der Waals surface area contributed by atoms with E-state index in [9.17, 15) is 9.59 Å². The molecule has 5 nitrogen and oxygen atoms in total. The number of hydrogen-bond acceptors (Lipinski definition) is 3. The molecule has 2 amide bonds. The molecule has 1 aliphatic heterocycles. The third-order valence-electron chi connectivity index (χ3n) is 6.03. The maximum Gasteiger partial charge on any atom is 0.256 e. The first-order chi connectivity index (χ1) is 12.5. The van der Waals surface area contributed by atoms with Crippen LogP contribution in [0.25, 0.3) is 0 Å². The molecular formula is C21H28N2O3. The van der Waals surface area contributed by atoms with Crippen molar-refractivity contribution in [3.63, 3.8) is 0 Å². The lowest BCUT2D eigenvalue weighted by molar-refractivity contribution is -0.128. The summed E-state index contributed by atoms with van der Waals surface area (Å²) >= 11 is 0. The number of rotatable bonds is 3. The molecule has 4 rings (SSSR count). The number of nitrogens with one attached hydrogen (secondary N) is 1. The highest BCUT2D eigenvalue weighted by atomic mass is 16.5. The van der Waals surface area contributed by atoms with Crippen LogP contribution in [0, 0.1) is 12.8 Å². The van der Waals surface area contributed by atoms with Gasteiger partial charge in [0.15, 0.2) is 0 Å². The third-order valence-corrected chi connectivity index (χ3v) is 6.03. The minimum atomic E-state index is -0.626. The molecule has 0 radical (unpaired) electrons. The van der Waals surface area contributed by atoms with E-state index in [1.165, 1.54) is 0 Å². The Labute approximate surface area is 155 Å². The maximum atomic E-state index is 13.4. The molecule has 3 fully saturated rings. The number of benzene rings is 1. The van der Waals surface area contributed by atoms with E-state index >= 15 is 0 Å². The molecule has 0 aromatic heterocycles. The van der Waals surface area contributed by atoms with Gasteiger partial charge in [-0.05, 0) is 63.5 Å². The van der Waals surface area contributed by atoms with Gasteiger partial charge in [0.05, 0.1) is 6.61 Å². The Morgan fingerprint density at radius 2 is 1.92 bits per heavy atom. The van der Waals surface area contributed by atoms with Gasteiger partial charge in [0.1, 0.15) is 11.8 Å². The summed E-state index contributed by atoms with van der Waals surface area (Å²) in [7, 11) is 0. The maximum absolute atomic E-state index is 13.4. The number of ether oxygens (including phenoxy) is 1. The van der Waals surface area contributed by atoms with Crippen LogP contribution < -0.4 is 5.32 Å². The molecule has 26 heavy (non-hydrogen) atoms. The van der Waals surface area contributed by atoms with Gasteiger partial charge in [0.2, 0.25) is 5.91 Å². The lowest BCUT2D eigenvalue weighted by Gasteiger charge is -2.43. The first kappa shape index (κ1) is 17.5. The van der Waals surface area contributed by atoms with Gasteiger partial charge in [-0.3, -0.25) is 14.5 Å². The quantitative estimate of drug-likeness (QED) is 0.906. The SMILES string of the molecule is Cc1cccc(C(=O)N2[C@@H](C(=O)NC3CC3)COC23CCC(C)CC3)c1. The van der Waals surface area contributed by atoms with Crippen molar-refractivity contribution < 1.29 is 14.3 Å². The Bertz CT molecular complexity index is 705. The molecule has 1 aromatic carbocycles. The zero-order chi connectivity index (χ0) is 18.3. The molecule has 2 aliphatic carbocycles. The molecular weight excluding hydrogens is 328 g/mol. The second-order valence-electron chi connectivity index (χ2n) is 8.28. The Morgan fingerprint density at radius 1 is 1.19 bits per heavy atom. The molecule has 0 bridgehead atoms. The fourth-order valence-electron chi connectivity index (χ4n) is 4.22. The molecule has 140 valence electrons. The highest BCUT2D eigenvalue weighted by Gasteiger charge is 2.53. The first-order valence-corrected chi connectivity index (χ1v) is 9.83. The number of nitrogens with zero attached hydrogens (tertiary/aromatic N) is 1. The number of amides is 2. The second kappa shape index (κ2) is 6.69. The van der Waals surface area contributed by atoms with Crippen LogP contribution in [0.2, 0.25) is 0 Å². The molecule has 3 aliphatic rings. The molecule has 5 heteroatoms. The summed E-state index contributed by atoms with van der Waals surface area (Å²) in [6, 6.07) is 7.36. The van der Waals surface area contributed by atoms with Crippen LogP contribution in [0.4, 0.5) is 0 Å². The summed E-state index contributed by atoms with van der Waals surface area (Å²) in [5, 5.41) is 3.06.